The fourth-order valence-corrected chi connectivity index (χ4v) is 7.36. The Bertz CT molecular complexity index is 1750. The van der Waals surface area contributed by atoms with Crippen LogP contribution >= 0.6 is 39.1 Å². The van der Waals surface area contributed by atoms with Crippen molar-refractivity contribution in [1.29, 1.82) is 0 Å². The van der Waals surface area contributed by atoms with Crippen LogP contribution in [0.1, 0.15) is 73.0 Å². The Balaban J connectivity index is 1.17. The molecule has 4 aromatic rings. The van der Waals surface area contributed by atoms with Crippen molar-refractivity contribution in [3.8, 4) is 0 Å². The van der Waals surface area contributed by atoms with Crippen molar-refractivity contribution in [2.45, 2.75) is 64.0 Å². The van der Waals surface area contributed by atoms with E-state index < -0.39 is 5.97 Å². The lowest BCUT2D eigenvalue weighted by Gasteiger charge is -2.29. The molecule has 1 atom stereocenters. The highest BCUT2D eigenvalue weighted by Gasteiger charge is 2.23. The topological polar surface area (TPSA) is 106 Å². The lowest BCUT2D eigenvalue weighted by molar-refractivity contribution is -0.142. The van der Waals surface area contributed by atoms with Crippen molar-refractivity contribution < 1.29 is 19.1 Å². The van der Waals surface area contributed by atoms with Crippen molar-refractivity contribution in [1.82, 2.24) is 5.32 Å². The molecule has 1 aliphatic rings. The minimum Gasteiger partial charge on any atom is -0.464 e. The molecule has 51 heavy (non-hydrogen) atoms. The lowest BCUT2D eigenvalue weighted by atomic mass is 9.92. The maximum absolute atomic E-state index is 13.3. The predicted molar refractivity (Wildman–Crippen MR) is 211 cm³/mol. The summed E-state index contributed by atoms with van der Waals surface area (Å²) in [4.78, 5) is 28.3. The van der Waals surface area contributed by atoms with Gasteiger partial charge in [-0.1, -0.05) is 91.9 Å². The Morgan fingerprint density at radius 1 is 0.902 bits per heavy atom. The number of hydrogen-bond donors (Lipinski definition) is 3. The minimum atomic E-state index is -0.422. The number of halogens is 3. The maximum atomic E-state index is 13.3. The van der Waals surface area contributed by atoms with Crippen molar-refractivity contribution >= 4 is 73.8 Å². The summed E-state index contributed by atoms with van der Waals surface area (Å²) in [5, 5.41) is 7.99. The second kappa shape index (κ2) is 19.2. The summed E-state index contributed by atoms with van der Waals surface area (Å²) in [6, 6.07) is 26.5. The molecule has 11 heteroatoms. The highest BCUT2D eigenvalue weighted by Crippen LogP contribution is 2.35. The number of ether oxygens (including phenoxy) is 2. The number of rotatable bonds is 16. The van der Waals surface area contributed by atoms with Gasteiger partial charge in [-0.25, -0.2) is 4.79 Å². The fourth-order valence-electron chi connectivity index (χ4n) is 6.39. The third-order valence-corrected chi connectivity index (χ3v) is 10.4. The molecular formula is C40H45BrCl2N4O4. The van der Waals surface area contributed by atoms with E-state index in [1.165, 1.54) is 19.3 Å². The van der Waals surface area contributed by atoms with Gasteiger partial charge < -0.3 is 30.7 Å². The van der Waals surface area contributed by atoms with Gasteiger partial charge in [0.25, 0.3) is 0 Å². The summed E-state index contributed by atoms with van der Waals surface area (Å²) in [7, 11) is 0. The summed E-state index contributed by atoms with van der Waals surface area (Å²) in [5.74, 6) is -0.795. The van der Waals surface area contributed by atoms with Gasteiger partial charge in [0.15, 0.2) is 0 Å². The maximum Gasteiger partial charge on any atom is 0.338 e. The number of benzene rings is 4. The monoisotopic (exact) mass is 794 g/mol. The molecule has 4 N–H and O–H groups in total. The molecule has 8 nitrogen and oxygen atoms in total. The van der Waals surface area contributed by atoms with Gasteiger partial charge in [-0.15, -0.1) is 0 Å². The first-order chi connectivity index (χ1) is 24.7. The SMILES string of the molecule is CCC(NC1CCCCC1)c1cc(C(=O)OCCN(CCOC(=O)Cc2ccccc2Nc2c(Cl)cccc2Cl)c2ccccc2)cc(Br)c1N. The highest BCUT2D eigenvalue weighted by atomic mass is 79.9. The first-order valence-corrected chi connectivity index (χ1v) is 19.0. The van der Waals surface area contributed by atoms with Crippen LogP contribution < -0.4 is 21.3 Å². The number of para-hydroxylation sites is 3. The van der Waals surface area contributed by atoms with E-state index in [0.717, 1.165) is 36.1 Å². The van der Waals surface area contributed by atoms with E-state index in [4.69, 9.17) is 38.4 Å². The number of esters is 2. The number of carbonyl (C=O) groups excluding carboxylic acids is 2. The second-order valence-corrected chi connectivity index (χ2v) is 14.3. The molecule has 1 unspecified atom stereocenters. The number of hydrogen-bond acceptors (Lipinski definition) is 8. The van der Waals surface area contributed by atoms with Crippen LogP contribution in [0.25, 0.3) is 0 Å². The smallest absolute Gasteiger partial charge is 0.338 e. The summed E-state index contributed by atoms with van der Waals surface area (Å²) < 4.78 is 12.1. The van der Waals surface area contributed by atoms with E-state index in [-0.39, 0.29) is 31.6 Å². The van der Waals surface area contributed by atoms with Gasteiger partial charge >= 0.3 is 11.9 Å². The zero-order chi connectivity index (χ0) is 36.2. The predicted octanol–water partition coefficient (Wildman–Crippen LogP) is 9.90. The Kier molecular flexibility index (Phi) is 14.5. The second-order valence-electron chi connectivity index (χ2n) is 12.7. The molecular weight excluding hydrogens is 751 g/mol. The zero-order valence-corrected chi connectivity index (χ0v) is 31.9. The van der Waals surface area contributed by atoms with E-state index in [1.807, 2.05) is 65.6 Å². The number of nitrogens with one attached hydrogen (secondary N) is 2. The van der Waals surface area contributed by atoms with Crippen molar-refractivity contribution in [2.24, 2.45) is 0 Å². The normalized spacial score (nSPS) is 13.7. The molecule has 0 bridgehead atoms. The summed E-state index contributed by atoms with van der Waals surface area (Å²) >= 11 is 16.3. The van der Waals surface area contributed by atoms with Gasteiger partial charge in [0.2, 0.25) is 0 Å². The summed E-state index contributed by atoms with van der Waals surface area (Å²) in [6.07, 6.45) is 6.97. The van der Waals surface area contributed by atoms with Crippen LogP contribution in [-0.4, -0.2) is 44.3 Å². The van der Waals surface area contributed by atoms with Crippen LogP contribution in [0.4, 0.5) is 22.7 Å². The molecule has 1 aliphatic carbocycles. The van der Waals surface area contributed by atoms with Crippen LogP contribution in [0.2, 0.25) is 10.0 Å². The summed E-state index contributed by atoms with van der Waals surface area (Å²) in [5.41, 5.74) is 11.4. The number of nitrogens with zero attached hydrogens (tertiary/aromatic N) is 1. The Hall–Kier alpha value is -3.76. The van der Waals surface area contributed by atoms with E-state index >= 15 is 0 Å². The minimum absolute atomic E-state index is 0.0408. The first kappa shape index (κ1) is 38.5. The highest BCUT2D eigenvalue weighted by molar-refractivity contribution is 9.10. The molecule has 0 aromatic heterocycles. The zero-order valence-electron chi connectivity index (χ0n) is 28.8. The quantitative estimate of drug-likeness (QED) is 0.0761. The Morgan fingerprint density at radius 2 is 1.57 bits per heavy atom. The number of carbonyl (C=O) groups is 2. The van der Waals surface area contributed by atoms with Gasteiger partial charge in [-0.3, -0.25) is 4.79 Å². The van der Waals surface area contributed by atoms with Gasteiger partial charge in [0, 0.05) is 27.9 Å². The van der Waals surface area contributed by atoms with E-state index in [9.17, 15) is 9.59 Å². The van der Waals surface area contributed by atoms with Crippen LogP contribution in [-0.2, 0) is 20.7 Å². The molecule has 5 rings (SSSR count). The molecule has 4 aromatic carbocycles. The molecule has 0 saturated heterocycles. The van der Waals surface area contributed by atoms with Crippen LogP contribution in [0.15, 0.2) is 89.4 Å². The average molecular weight is 797 g/mol. The van der Waals surface area contributed by atoms with E-state index in [1.54, 1.807) is 24.3 Å². The van der Waals surface area contributed by atoms with Crippen molar-refractivity contribution in [3.05, 3.63) is 116 Å². The molecule has 1 saturated carbocycles. The van der Waals surface area contributed by atoms with Crippen molar-refractivity contribution in [2.75, 3.05) is 42.3 Å². The van der Waals surface area contributed by atoms with Gasteiger partial charge in [0.1, 0.15) is 13.2 Å². The third-order valence-electron chi connectivity index (χ3n) is 9.14. The van der Waals surface area contributed by atoms with E-state index in [2.05, 4.69) is 33.5 Å². The third kappa shape index (κ3) is 10.9. The Labute approximate surface area is 319 Å². The van der Waals surface area contributed by atoms with E-state index in [0.29, 0.717) is 56.3 Å². The standard InChI is InChI=1S/C40H45BrCl2N4O4/c1-2-35(45-29-13-5-3-6-14-29)31-24-28(25-32(41)38(31)44)40(49)51-23-21-47(30-15-7-4-8-16-30)20-22-50-37(48)26-27-12-9-10-19-36(27)46-39-33(42)17-11-18-34(39)43/h4,7-12,15-19,24-25,29,35,45-46H,2-3,5-6,13-14,20-23,26,44H2,1H3. The summed E-state index contributed by atoms with van der Waals surface area (Å²) in [6.45, 7) is 3.23. The molecule has 0 heterocycles. The first-order valence-electron chi connectivity index (χ1n) is 17.5. The van der Waals surface area contributed by atoms with Crippen LogP contribution in [0.5, 0.6) is 0 Å². The fraction of sp³-hybridized carbons (Fsp3) is 0.350. The number of anilines is 4. The average Bonchev–Trinajstić information content (AvgIpc) is 3.14. The number of nitrogens with two attached hydrogens (primary N) is 1. The molecule has 0 radical (unpaired) electrons. The Morgan fingerprint density at radius 3 is 2.27 bits per heavy atom. The molecule has 1 fully saturated rings. The number of nitrogen functional groups attached to an aromatic ring is 1. The van der Waals surface area contributed by atoms with Gasteiger partial charge in [-0.2, -0.15) is 0 Å². The van der Waals surface area contributed by atoms with Gasteiger partial charge in [-0.05, 0) is 88.8 Å². The molecule has 0 spiro atoms. The molecule has 270 valence electrons. The molecule has 0 aliphatic heterocycles. The molecule has 0 amide bonds. The van der Waals surface area contributed by atoms with Crippen LogP contribution in [0, 0.1) is 0 Å². The largest absolute Gasteiger partial charge is 0.464 e. The lowest BCUT2D eigenvalue weighted by Crippen LogP contribution is -2.34. The van der Waals surface area contributed by atoms with Crippen molar-refractivity contribution in [3.63, 3.8) is 0 Å². The van der Waals surface area contributed by atoms with Crippen LogP contribution in [0.3, 0.4) is 0 Å². The van der Waals surface area contributed by atoms with Gasteiger partial charge in [0.05, 0.1) is 46.5 Å².